The van der Waals surface area contributed by atoms with Gasteiger partial charge in [-0.05, 0) is 0 Å². The molecule has 0 fully saturated rings. The summed E-state index contributed by atoms with van der Waals surface area (Å²) in [5.74, 6) is 0.657. The van der Waals surface area contributed by atoms with Crippen molar-refractivity contribution in [2.75, 3.05) is 0 Å². The number of aromatic nitrogens is 2. The standard InChI is InChI=1S/C3H3N2O.Al.2H/c1-3-4-2-5-6-3;;;/h1H3;;;. The Hall–Kier alpha value is -0.328. The van der Waals surface area contributed by atoms with Gasteiger partial charge in [-0.2, -0.15) is 0 Å². The Morgan fingerprint density at radius 1 is 1.71 bits per heavy atom. The molecule has 0 amide bonds. The maximum Gasteiger partial charge on any atom is 0.327 e. The van der Waals surface area contributed by atoms with Crippen molar-refractivity contribution in [3.63, 3.8) is 0 Å². The van der Waals surface area contributed by atoms with E-state index in [1.807, 2.05) is 0 Å². The second kappa shape index (κ2) is 1.65. The van der Waals surface area contributed by atoms with Gasteiger partial charge in [0.1, 0.15) is 0 Å². The first kappa shape index (κ1) is 4.82. The lowest BCUT2D eigenvalue weighted by molar-refractivity contribution is 0.396. The van der Waals surface area contributed by atoms with E-state index in [2.05, 4.69) is 14.7 Å². The lowest BCUT2D eigenvalue weighted by atomic mass is 10.8. The van der Waals surface area contributed by atoms with Gasteiger partial charge in [0.05, 0.1) is 4.69 Å². The van der Waals surface area contributed by atoms with Gasteiger partial charge >= 0.3 is 16.3 Å². The molecule has 0 radical (unpaired) electrons. The third-order valence-electron chi connectivity index (χ3n) is 0.629. The predicted molar refractivity (Wildman–Crippen MR) is 27.2 cm³/mol. The van der Waals surface area contributed by atoms with Crippen molar-refractivity contribution in [1.29, 1.82) is 0 Å². The van der Waals surface area contributed by atoms with Crippen LogP contribution in [0.4, 0.5) is 0 Å². The molecule has 0 N–H and O–H groups in total. The van der Waals surface area contributed by atoms with Crippen LogP contribution in [0.1, 0.15) is 5.89 Å². The molecule has 1 rings (SSSR count). The number of nitrogens with zero attached hydrogens (tertiary/aromatic N) is 2. The quantitative estimate of drug-likeness (QED) is 0.389. The summed E-state index contributed by atoms with van der Waals surface area (Å²) in [6.45, 7) is 1.79. The van der Waals surface area contributed by atoms with Gasteiger partial charge in [0, 0.05) is 6.92 Å². The van der Waals surface area contributed by atoms with Crippen molar-refractivity contribution < 1.29 is 4.52 Å². The molecule has 7 heavy (non-hydrogen) atoms. The SMILES string of the molecule is Cc1n[c]([AlH2])no1. The summed E-state index contributed by atoms with van der Waals surface area (Å²) in [5, 5.41) is 3.59. The van der Waals surface area contributed by atoms with Crippen LogP contribution in [0.3, 0.4) is 0 Å². The van der Waals surface area contributed by atoms with E-state index in [1.165, 1.54) is 0 Å². The average Bonchev–Trinajstić information content (AvgIpc) is 1.87. The Bertz CT molecular complexity index is 145. The van der Waals surface area contributed by atoms with Gasteiger partial charge < -0.3 is 4.52 Å². The van der Waals surface area contributed by atoms with Crippen LogP contribution in [0.25, 0.3) is 0 Å². The summed E-state index contributed by atoms with van der Waals surface area (Å²) in [6, 6.07) is 0. The molecule has 0 bridgehead atoms. The first-order valence-corrected chi connectivity index (χ1v) is 3.06. The molecule has 1 aromatic rings. The Balaban J connectivity index is 3.04. The second-order valence-electron chi connectivity index (χ2n) is 1.36. The molecule has 0 saturated heterocycles. The fourth-order valence-corrected chi connectivity index (χ4v) is 0.807. The molecule has 4 heteroatoms. The van der Waals surface area contributed by atoms with Crippen LogP contribution in [0.2, 0.25) is 0 Å². The lowest BCUT2D eigenvalue weighted by Gasteiger charge is -1.65. The Morgan fingerprint density at radius 2 is 2.43 bits per heavy atom. The van der Waals surface area contributed by atoms with Gasteiger partial charge in [0.15, 0.2) is 0 Å². The maximum atomic E-state index is 4.64. The molecule has 36 valence electrons. The molecular formula is C3H5AlN2O. The van der Waals surface area contributed by atoms with Crippen LogP contribution in [-0.2, 0) is 0 Å². The third kappa shape index (κ3) is 1.02. The van der Waals surface area contributed by atoms with Gasteiger partial charge in [-0.1, -0.05) is 5.16 Å². The molecule has 0 aliphatic rings. The van der Waals surface area contributed by atoms with Gasteiger partial charge in [-0.15, -0.1) is 0 Å². The highest BCUT2D eigenvalue weighted by molar-refractivity contribution is 6.28. The van der Waals surface area contributed by atoms with Gasteiger partial charge in [-0.25, -0.2) is 4.98 Å². The van der Waals surface area contributed by atoms with Crippen LogP contribution >= 0.6 is 0 Å². The molecule has 0 aliphatic carbocycles. The maximum absolute atomic E-state index is 4.64. The summed E-state index contributed by atoms with van der Waals surface area (Å²) in [7, 11) is 0. The van der Waals surface area contributed by atoms with Crippen molar-refractivity contribution in [3.8, 4) is 0 Å². The van der Waals surface area contributed by atoms with E-state index in [0.717, 1.165) is 21.0 Å². The zero-order valence-corrected chi connectivity index (χ0v) is 6.30. The monoisotopic (exact) mass is 112 g/mol. The van der Waals surface area contributed by atoms with E-state index >= 15 is 0 Å². The first-order chi connectivity index (χ1) is 3.29. The van der Waals surface area contributed by atoms with Crippen LogP contribution < -0.4 is 4.69 Å². The van der Waals surface area contributed by atoms with E-state index in [9.17, 15) is 0 Å². The highest BCUT2D eigenvalue weighted by atomic mass is 27.0. The first-order valence-electron chi connectivity index (χ1n) is 2.06. The molecule has 0 aliphatic heterocycles. The van der Waals surface area contributed by atoms with Crippen LogP contribution in [0.5, 0.6) is 0 Å². The third-order valence-corrected chi connectivity index (χ3v) is 1.04. The Kier molecular flexibility index (Phi) is 1.13. The van der Waals surface area contributed by atoms with Gasteiger partial charge in [-0.3, -0.25) is 0 Å². The van der Waals surface area contributed by atoms with E-state index < -0.39 is 0 Å². The van der Waals surface area contributed by atoms with E-state index in [4.69, 9.17) is 0 Å². The number of rotatable bonds is 0. The molecule has 0 unspecified atom stereocenters. The summed E-state index contributed by atoms with van der Waals surface area (Å²) >= 11 is 0.879. The topological polar surface area (TPSA) is 38.9 Å². The molecule has 0 atom stereocenters. The number of hydrogen-bond donors (Lipinski definition) is 0. The zero-order valence-electron chi connectivity index (χ0n) is 4.30. The normalized spacial score (nSPS) is 9.29. The van der Waals surface area contributed by atoms with Crippen molar-refractivity contribution in [2.45, 2.75) is 6.92 Å². The fraction of sp³-hybridized carbons (Fsp3) is 0.333. The summed E-state index contributed by atoms with van der Waals surface area (Å²) in [6.07, 6.45) is 0. The molecule has 0 aromatic carbocycles. The highest BCUT2D eigenvalue weighted by Crippen LogP contribution is 1.78. The Labute approximate surface area is 49.1 Å². The summed E-state index contributed by atoms with van der Waals surface area (Å²) in [4.78, 5) is 3.90. The minimum atomic E-state index is 0.657. The van der Waals surface area contributed by atoms with Crippen molar-refractivity contribution in [2.24, 2.45) is 0 Å². The van der Waals surface area contributed by atoms with Crippen LogP contribution in [0, 0.1) is 6.92 Å². The average molecular weight is 112 g/mol. The molecule has 0 saturated carbocycles. The van der Waals surface area contributed by atoms with Crippen LogP contribution in [-0.4, -0.2) is 26.4 Å². The minimum absolute atomic E-state index is 0.657. The lowest BCUT2D eigenvalue weighted by Crippen LogP contribution is -2.05. The summed E-state index contributed by atoms with van der Waals surface area (Å²) < 4.78 is 5.47. The molecule has 1 aromatic heterocycles. The largest absolute Gasteiger partial charge is 0.341 e. The minimum Gasteiger partial charge on any atom is -0.341 e. The zero-order chi connectivity index (χ0) is 5.28. The fourth-order valence-electron chi connectivity index (χ4n) is 0.401. The van der Waals surface area contributed by atoms with Crippen molar-refractivity contribution in [3.05, 3.63) is 5.89 Å². The van der Waals surface area contributed by atoms with E-state index in [1.54, 1.807) is 6.92 Å². The van der Waals surface area contributed by atoms with Gasteiger partial charge in [0.2, 0.25) is 5.89 Å². The van der Waals surface area contributed by atoms with E-state index in [-0.39, 0.29) is 0 Å². The van der Waals surface area contributed by atoms with Gasteiger partial charge in [0.25, 0.3) is 0 Å². The van der Waals surface area contributed by atoms with Crippen molar-refractivity contribution in [1.82, 2.24) is 10.1 Å². The molecule has 0 spiro atoms. The number of hydrogen-bond acceptors (Lipinski definition) is 3. The molecular weight excluding hydrogens is 107 g/mol. The van der Waals surface area contributed by atoms with E-state index in [0.29, 0.717) is 5.89 Å². The molecule has 1 heterocycles. The Morgan fingerprint density at radius 3 is 2.57 bits per heavy atom. The highest BCUT2D eigenvalue weighted by Gasteiger charge is 1.89. The molecule has 3 nitrogen and oxygen atoms in total. The van der Waals surface area contributed by atoms with Crippen molar-refractivity contribution >= 4 is 21.0 Å². The predicted octanol–water partition coefficient (Wildman–Crippen LogP) is -1.36. The smallest absolute Gasteiger partial charge is 0.327 e. The number of aryl methyl sites for hydroxylation is 1. The summed E-state index contributed by atoms with van der Waals surface area (Å²) in [5.41, 5.74) is 0. The second-order valence-corrected chi connectivity index (χ2v) is 2.26. The van der Waals surface area contributed by atoms with Crippen LogP contribution in [0.15, 0.2) is 4.52 Å².